The number of hydrogen-bond donors (Lipinski definition) is 2. The molecule has 4 rings (SSSR count). The Balaban J connectivity index is 1.79. The van der Waals surface area contributed by atoms with Crippen LogP contribution in [0, 0.1) is 6.92 Å². The van der Waals surface area contributed by atoms with Crippen LogP contribution < -0.4 is 10.5 Å². The number of thioether (sulfide) groups is 1. The van der Waals surface area contributed by atoms with Crippen molar-refractivity contribution in [3.05, 3.63) is 44.7 Å². The number of aliphatic hydroxyl groups is 1. The van der Waals surface area contributed by atoms with E-state index in [0.29, 0.717) is 44.2 Å². The molecule has 10 nitrogen and oxygen atoms in total. The van der Waals surface area contributed by atoms with E-state index in [0.717, 1.165) is 22.2 Å². The lowest BCUT2D eigenvalue weighted by Crippen LogP contribution is -2.48. The van der Waals surface area contributed by atoms with Crippen LogP contribution in [0.1, 0.15) is 11.1 Å². The monoisotopic (exact) mass is 489 g/mol. The number of carboxylic acid groups (broad SMARTS) is 1. The van der Waals surface area contributed by atoms with Gasteiger partial charge in [-0.05, 0) is 24.6 Å². The fourth-order valence-electron chi connectivity index (χ4n) is 3.84. The first-order valence-electron chi connectivity index (χ1n) is 10.4. The smallest absolute Gasteiger partial charge is 0.323 e. The van der Waals surface area contributed by atoms with Crippen molar-refractivity contribution in [3.8, 4) is 0 Å². The highest BCUT2D eigenvalue weighted by Gasteiger charge is 2.34. The van der Waals surface area contributed by atoms with Crippen LogP contribution in [0.2, 0.25) is 0 Å². The molecular weight excluding hydrogens is 466 g/mol. The lowest BCUT2D eigenvalue weighted by molar-refractivity contribution is -0.140. The molecule has 2 aliphatic heterocycles. The predicted molar refractivity (Wildman–Crippen MR) is 129 cm³/mol. The topological polar surface area (TPSA) is 119 Å². The molecule has 2 N–H and O–H groups in total. The maximum absolute atomic E-state index is 13.5. The zero-order chi connectivity index (χ0) is 23.7. The van der Waals surface area contributed by atoms with Crippen LogP contribution in [0.4, 0.5) is 5.82 Å². The number of thiocarbonyl (C=S) groups is 1. The van der Waals surface area contributed by atoms with Gasteiger partial charge in [-0.2, -0.15) is 0 Å². The van der Waals surface area contributed by atoms with Crippen molar-refractivity contribution in [1.29, 1.82) is 0 Å². The quantitative estimate of drug-likeness (QED) is 0.436. The number of anilines is 1. The van der Waals surface area contributed by atoms with Gasteiger partial charge in [-0.3, -0.25) is 28.6 Å². The third-order valence-corrected chi connectivity index (χ3v) is 6.89. The van der Waals surface area contributed by atoms with Crippen LogP contribution in [-0.2, 0) is 9.59 Å². The maximum atomic E-state index is 13.5. The number of piperazine rings is 1. The highest BCUT2D eigenvalue weighted by Crippen LogP contribution is 2.33. The molecule has 0 bridgehead atoms. The molecular formula is C21H23N5O5S2. The molecule has 0 aliphatic carbocycles. The van der Waals surface area contributed by atoms with Gasteiger partial charge in [-0.1, -0.05) is 30.0 Å². The van der Waals surface area contributed by atoms with E-state index in [1.807, 2.05) is 17.9 Å². The molecule has 0 unspecified atom stereocenters. The second kappa shape index (κ2) is 9.59. The van der Waals surface area contributed by atoms with Crippen LogP contribution in [0.3, 0.4) is 0 Å². The molecule has 2 saturated heterocycles. The summed E-state index contributed by atoms with van der Waals surface area (Å²) in [6, 6.07) is 3.65. The Kier molecular flexibility index (Phi) is 6.79. The summed E-state index contributed by atoms with van der Waals surface area (Å²) in [6.07, 6.45) is 3.17. The fourth-order valence-corrected chi connectivity index (χ4v) is 5.08. The zero-order valence-electron chi connectivity index (χ0n) is 17.9. The normalized spacial score (nSPS) is 18.7. The zero-order valence-corrected chi connectivity index (χ0v) is 19.6. The summed E-state index contributed by atoms with van der Waals surface area (Å²) in [5.41, 5.74) is 1.31. The summed E-state index contributed by atoms with van der Waals surface area (Å²) in [6.45, 7) is 4.63. The third kappa shape index (κ3) is 4.78. The summed E-state index contributed by atoms with van der Waals surface area (Å²) in [5, 5.41) is 18.3. The van der Waals surface area contributed by atoms with Gasteiger partial charge in [0.25, 0.3) is 11.5 Å². The Bertz CT molecular complexity index is 1220. The molecule has 0 saturated carbocycles. The average Bonchev–Trinajstić information content (AvgIpc) is 3.04. The number of carboxylic acids is 1. The number of carbonyl (C=O) groups is 2. The Labute approximate surface area is 199 Å². The minimum atomic E-state index is -1.17. The first kappa shape index (κ1) is 23.4. The summed E-state index contributed by atoms with van der Waals surface area (Å²) in [5.74, 6) is -1.24. The number of aliphatic hydroxyl groups excluding tert-OH is 1. The van der Waals surface area contributed by atoms with Gasteiger partial charge < -0.3 is 15.1 Å². The molecule has 0 aromatic carbocycles. The van der Waals surface area contributed by atoms with E-state index < -0.39 is 18.4 Å². The Morgan fingerprint density at radius 1 is 1.24 bits per heavy atom. The number of hydrogen-bond acceptors (Lipinski definition) is 9. The fraction of sp³-hybridized carbons (Fsp3) is 0.381. The van der Waals surface area contributed by atoms with Crippen LogP contribution in [0.5, 0.6) is 0 Å². The van der Waals surface area contributed by atoms with Gasteiger partial charge in [-0.15, -0.1) is 0 Å². The van der Waals surface area contributed by atoms with Crippen LogP contribution >= 0.6 is 24.0 Å². The Hall–Kier alpha value is -2.80. The number of rotatable bonds is 6. The number of fused-ring (bicyclic) bond motifs is 1. The van der Waals surface area contributed by atoms with E-state index in [4.69, 9.17) is 22.3 Å². The molecule has 2 fully saturated rings. The second-order valence-corrected chi connectivity index (χ2v) is 9.48. The molecule has 0 atom stereocenters. The average molecular weight is 490 g/mol. The van der Waals surface area contributed by atoms with Crippen molar-refractivity contribution in [1.82, 2.24) is 19.2 Å². The van der Waals surface area contributed by atoms with Gasteiger partial charge in [0, 0.05) is 38.9 Å². The third-order valence-electron chi connectivity index (χ3n) is 5.52. The summed E-state index contributed by atoms with van der Waals surface area (Å²) < 4.78 is 1.59. The van der Waals surface area contributed by atoms with Crippen molar-refractivity contribution < 1.29 is 19.8 Å². The van der Waals surface area contributed by atoms with E-state index in [9.17, 15) is 19.5 Å². The van der Waals surface area contributed by atoms with E-state index in [2.05, 4.69) is 4.90 Å². The number of β-amino-alcohol motifs (C(OH)–C–C–N with tert-alkyl or cyclic N) is 1. The standard InChI is InChI=1S/C21H23N5O5S2/c1-13-2-3-16-22-18(24-6-4-23(5-7-24)8-9-27)14(19(30)25(16)11-13)10-15-20(31)26(12-17(28)29)21(32)33-15/h2-3,10-11,27H,4-9,12H2,1H3,(H,28,29). The van der Waals surface area contributed by atoms with Crippen molar-refractivity contribution in [2.24, 2.45) is 0 Å². The Morgan fingerprint density at radius 3 is 2.64 bits per heavy atom. The molecule has 174 valence electrons. The number of aryl methyl sites for hydroxylation is 1. The molecule has 2 aliphatic rings. The second-order valence-electron chi connectivity index (χ2n) is 7.80. The molecule has 0 radical (unpaired) electrons. The van der Waals surface area contributed by atoms with Crippen LogP contribution in [-0.4, -0.2) is 91.5 Å². The van der Waals surface area contributed by atoms with Gasteiger partial charge in [0.15, 0.2) is 0 Å². The number of nitrogens with zero attached hydrogens (tertiary/aromatic N) is 5. The van der Waals surface area contributed by atoms with Crippen molar-refractivity contribution in [2.75, 3.05) is 50.8 Å². The number of carbonyl (C=O) groups excluding carboxylic acids is 1. The Morgan fingerprint density at radius 2 is 1.97 bits per heavy atom. The molecule has 12 heteroatoms. The lowest BCUT2D eigenvalue weighted by atomic mass is 10.2. The SMILES string of the molecule is Cc1ccc2nc(N3CCN(CCO)CC3)c(C=C3SC(=S)N(CC(=O)O)C3=O)c(=O)n2c1. The summed E-state index contributed by atoms with van der Waals surface area (Å²) in [7, 11) is 0. The van der Waals surface area contributed by atoms with Crippen LogP contribution in [0.25, 0.3) is 11.7 Å². The first-order valence-corrected chi connectivity index (χ1v) is 11.6. The molecule has 0 spiro atoms. The molecule has 1 amide bonds. The number of pyridine rings is 1. The number of aromatic nitrogens is 2. The van der Waals surface area contributed by atoms with Crippen molar-refractivity contribution in [2.45, 2.75) is 6.92 Å². The maximum Gasteiger partial charge on any atom is 0.323 e. The minimum absolute atomic E-state index is 0.0817. The largest absolute Gasteiger partial charge is 0.480 e. The van der Waals surface area contributed by atoms with E-state index in [1.54, 1.807) is 12.3 Å². The summed E-state index contributed by atoms with van der Waals surface area (Å²) >= 11 is 6.15. The summed E-state index contributed by atoms with van der Waals surface area (Å²) in [4.78, 5) is 47.5. The highest BCUT2D eigenvalue weighted by atomic mass is 32.2. The van der Waals surface area contributed by atoms with Gasteiger partial charge in [0.05, 0.1) is 17.1 Å². The first-order chi connectivity index (χ1) is 15.8. The van der Waals surface area contributed by atoms with Gasteiger partial charge in [0.1, 0.15) is 22.3 Å². The minimum Gasteiger partial charge on any atom is -0.480 e. The molecule has 2 aromatic rings. The molecule has 33 heavy (non-hydrogen) atoms. The van der Waals surface area contributed by atoms with Crippen molar-refractivity contribution >= 4 is 57.7 Å². The number of aliphatic carboxylic acids is 1. The van der Waals surface area contributed by atoms with Crippen LogP contribution in [0.15, 0.2) is 28.0 Å². The number of amides is 1. The highest BCUT2D eigenvalue weighted by molar-refractivity contribution is 8.26. The lowest BCUT2D eigenvalue weighted by Gasteiger charge is -2.35. The van der Waals surface area contributed by atoms with E-state index in [-0.39, 0.29) is 27.0 Å². The predicted octanol–water partition coefficient (Wildman–Crippen LogP) is 0.403. The van der Waals surface area contributed by atoms with Gasteiger partial charge >= 0.3 is 5.97 Å². The van der Waals surface area contributed by atoms with Crippen molar-refractivity contribution in [3.63, 3.8) is 0 Å². The van der Waals surface area contributed by atoms with Gasteiger partial charge in [-0.25, -0.2) is 4.98 Å². The van der Waals surface area contributed by atoms with E-state index >= 15 is 0 Å². The molecule has 2 aromatic heterocycles. The van der Waals surface area contributed by atoms with E-state index in [1.165, 1.54) is 10.5 Å². The van der Waals surface area contributed by atoms with Gasteiger partial charge in [0.2, 0.25) is 0 Å². The molecule has 4 heterocycles.